The summed E-state index contributed by atoms with van der Waals surface area (Å²) in [5.41, 5.74) is 2.65. The van der Waals surface area contributed by atoms with Crippen LogP contribution >= 0.6 is 0 Å². The predicted octanol–water partition coefficient (Wildman–Crippen LogP) is 4.09. The maximum atomic E-state index is 12.4. The van der Waals surface area contributed by atoms with Gasteiger partial charge >= 0.3 is 0 Å². The fourth-order valence-electron chi connectivity index (χ4n) is 2.34. The first kappa shape index (κ1) is 17.3. The van der Waals surface area contributed by atoms with Gasteiger partial charge in [0.2, 0.25) is 0 Å². The number of pyridine rings is 1. The molecule has 0 aliphatic heterocycles. The Labute approximate surface area is 151 Å². The van der Waals surface area contributed by atoms with Crippen LogP contribution in [0.3, 0.4) is 0 Å². The second-order valence-electron chi connectivity index (χ2n) is 5.47. The van der Waals surface area contributed by atoms with Crippen LogP contribution in [0.1, 0.15) is 10.5 Å². The molecule has 3 aromatic rings. The Morgan fingerprint density at radius 2 is 1.38 bits per heavy atom. The monoisotopic (exact) mass is 349 g/mol. The van der Waals surface area contributed by atoms with Crippen molar-refractivity contribution in [3.05, 3.63) is 72.6 Å². The van der Waals surface area contributed by atoms with Crippen LogP contribution in [0.2, 0.25) is 0 Å². The number of amides is 1. The van der Waals surface area contributed by atoms with Crippen molar-refractivity contribution in [1.82, 2.24) is 4.98 Å². The van der Waals surface area contributed by atoms with E-state index in [1.54, 1.807) is 56.8 Å². The second kappa shape index (κ2) is 8.02. The Balaban J connectivity index is 1.69. The molecule has 1 amide bonds. The fourth-order valence-corrected chi connectivity index (χ4v) is 2.34. The molecule has 0 aliphatic carbocycles. The van der Waals surface area contributed by atoms with E-state index in [0.717, 1.165) is 22.9 Å². The third-order valence-electron chi connectivity index (χ3n) is 3.72. The van der Waals surface area contributed by atoms with Gasteiger partial charge in [0.1, 0.15) is 17.2 Å². The number of methoxy groups -OCH3 is 2. The minimum absolute atomic E-state index is 0.284. The molecule has 3 rings (SSSR count). The molecule has 0 saturated heterocycles. The highest BCUT2D eigenvalue weighted by atomic mass is 16.5. The molecule has 1 aromatic heterocycles. The lowest BCUT2D eigenvalue weighted by Crippen LogP contribution is -2.13. The summed E-state index contributed by atoms with van der Waals surface area (Å²) in [5, 5.41) is 6.05. The van der Waals surface area contributed by atoms with Crippen molar-refractivity contribution in [2.45, 2.75) is 0 Å². The van der Waals surface area contributed by atoms with Crippen molar-refractivity contribution < 1.29 is 14.3 Å². The Kier molecular flexibility index (Phi) is 5.34. The average molecular weight is 349 g/mol. The van der Waals surface area contributed by atoms with E-state index in [1.807, 2.05) is 24.3 Å². The van der Waals surface area contributed by atoms with E-state index in [2.05, 4.69) is 15.6 Å². The van der Waals surface area contributed by atoms with E-state index in [1.165, 1.54) is 0 Å². The molecule has 0 fully saturated rings. The molecule has 0 aliphatic rings. The SMILES string of the molecule is COc1ccc(NC(=O)c2cc(Nc3ccc(OC)cc3)ccn2)cc1. The highest BCUT2D eigenvalue weighted by Gasteiger charge is 2.09. The molecule has 6 heteroatoms. The van der Waals surface area contributed by atoms with Gasteiger partial charge in [0.15, 0.2) is 0 Å². The van der Waals surface area contributed by atoms with Crippen LogP contribution in [0.25, 0.3) is 0 Å². The number of carbonyl (C=O) groups is 1. The van der Waals surface area contributed by atoms with Gasteiger partial charge in [-0.1, -0.05) is 0 Å². The van der Waals surface area contributed by atoms with Gasteiger partial charge in [-0.25, -0.2) is 0 Å². The van der Waals surface area contributed by atoms with Gasteiger partial charge in [-0.05, 0) is 60.7 Å². The number of hydrogen-bond donors (Lipinski definition) is 2. The number of carbonyl (C=O) groups excluding carboxylic acids is 1. The molecule has 0 spiro atoms. The lowest BCUT2D eigenvalue weighted by molar-refractivity contribution is 0.102. The van der Waals surface area contributed by atoms with E-state index in [-0.39, 0.29) is 5.91 Å². The van der Waals surface area contributed by atoms with Crippen molar-refractivity contribution in [3.8, 4) is 11.5 Å². The number of benzene rings is 2. The van der Waals surface area contributed by atoms with Gasteiger partial charge in [0.05, 0.1) is 14.2 Å². The second-order valence-corrected chi connectivity index (χ2v) is 5.47. The van der Waals surface area contributed by atoms with E-state index < -0.39 is 0 Å². The van der Waals surface area contributed by atoms with Crippen LogP contribution < -0.4 is 20.1 Å². The Bertz CT molecular complexity index is 878. The Morgan fingerprint density at radius 3 is 1.96 bits per heavy atom. The number of rotatable bonds is 6. The van der Waals surface area contributed by atoms with Crippen LogP contribution in [0, 0.1) is 0 Å². The molecular formula is C20H19N3O3. The molecule has 0 atom stereocenters. The van der Waals surface area contributed by atoms with Gasteiger partial charge in [0, 0.05) is 23.3 Å². The number of anilines is 3. The molecule has 132 valence electrons. The number of ether oxygens (including phenoxy) is 2. The maximum Gasteiger partial charge on any atom is 0.274 e. The van der Waals surface area contributed by atoms with Crippen LogP contribution in [-0.2, 0) is 0 Å². The molecule has 26 heavy (non-hydrogen) atoms. The summed E-state index contributed by atoms with van der Waals surface area (Å²) in [6, 6.07) is 18.1. The van der Waals surface area contributed by atoms with Gasteiger partial charge < -0.3 is 20.1 Å². The summed E-state index contributed by atoms with van der Waals surface area (Å²) in [4.78, 5) is 16.5. The molecular weight excluding hydrogens is 330 g/mol. The highest BCUT2D eigenvalue weighted by Crippen LogP contribution is 2.21. The van der Waals surface area contributed by atoms with E-state index in [9.17, 15) is 4.79 Å². The average Bonchev–Trinajstić information content (AvgIpc) is 2.69. The molecule has 6 nitrogen and oxygen atoms in total. The molecule has 2 N–H and O–H groups in total. The molecule has 0 bridgehead atoms. The maximum absolute atomic E-state index is 12.4. The third-order valence-corrected chi connectivity index (χ3v) is 3.72. The minimum atomic E-state index is -0.284. The third kappa shape index (κ3) is 4.30. The summed E-state index contributed by atoms with van der Waals surface area (Å²) >= 11 is 0. The lowest BCUT2D eigenvalue weighted by atomic mass is 10.2. The Morgan fingerprint density at radius 1 is 0.808 bits per heavy atom. The van der Waals surface area contributed by atoms with Crippen LogP contribution in [0.4, 0.5) is 17.1 Å². The Hall–Kier alpha value is -3.54. The summed E-state index contributed by atoms with van der Waals surface area (Å²) in [5.74, 6) is 1.23. The van der Waals surface area contributed by atoms with Crippen molar-refractivity contribution in [1.29, 1.82) is 0 Å². The first-order valence-electron chi connectivity index (χ1n) is 8.00. The zero-order chi connectivity index (χ0) is 18.4. The molecule has 0 unspecified atom stereocenters. The standard InChI is InChI=1S/C20H19N3O3/c1-25-17-7-3-14(4-8-17)22-16-11-12-21-19(13-16)20(24)23-15-5-9-18(26-2)10-6-15/h3-13H,1-2H3,(H,21,22)(H,23,24). The summed E-state index contributed by atoms with van der Waals surface area (Å²) in [6.45, 7) is 0. The van der Waals surface area contributed by atoms with Crippen LogP contribution in [0.5, 0.6) is 11.5 Å². The topological polar surface area (TPSA) is 72.5 Å². The number of nitrogens with one attached hydrogen (secondary N) is 2. The quantitative estimate of drug-likeness (QED) is 0.701. The molecule has 0 radical (unpaired) electrons. The summed E-state index contributed by atoms with van der Waals surface area (Å²) in [6.07, 6.45) is 1.59. The van der Waals surface area contributed by atoms with Crippen LogP contribution in [-0.4, -0.2) is 25.1 Å². The molecule has 0 saturated carbocycles. The van der Waals surface area contributed by atoms with Gasteiger partial charge in [-0.2, -0.15) is 0 Å². The van der Waals surface area contributed by atoms with Crippen molar-refractivity contribution in [2.75, 3.05) is 24.9 Å². The fraction of sp³-hybridized carbons (Fsp3) is 0.100. The summed E-state index contributed by atoms with van der Waals surface area (Å²) in [7, 11) is 3.22. The number of nitrogens with zero attached hydrogens (tertiary/aromatic N) is 1. The van der Waals surface area contributed by atoms with Gasteiger partial charge in [-0.3, -0.25) is 9.78 Å². The van der Waals surface area contributed by atoms with Gasteiger partial charge in [-0.15, -0.1) is 0 Å². The van der Waals surface area contributed by atoms with E-state index >= 15 is 0 Å². The zero-order valence-electron chi connectivity index (χ0n) is 14.5. The molecule has 2 aromatic carbocycles. The number of hydrogen-bond acceptors (Lipinski definition) is 5. The molecule has 1 heterocycles. The lowest BCUT2D eigenvalue weighted by Gasteiger charge is -2.09. The zero-order valence-corrected chi connectivity index (χ0v) is 14.5. The smallest absolute Gasteiger partial charge is 0.274 e. The first-order chi connectivity index (χ1) is 12.7. The number of aromatic nitrogens is 1. The first-order valence-corrected chi connectivity index (χ1v) is 8.00. The predicted molar refractivity (Wildman–Crippen MR) is 101 cm³/mol. The summed E-state index contributed by atoms with van der Waals surface area (Å²) < 4.78 is 10.2. The van der Waals surface area contributed by atoms with Crippen molar-refractivity contribution in [2.24, 2.45) is 0 Å². The normalized spacial score (nSPS) is 10.1. The minimum Gasteiger partial charge on any atom is -0.497 e. The van der Waals surface area contributed by atoms with Gasteiger partial charge in [0.25, 0.3) is 5.91 Å². The van der Waals surface area contributed by atoms with Crippen molar-refractivity contribution in [3.63, 3.8) is 0 Å². The highest BCUT2D eigenvalue weighted by molar-refractivity contribution is 6.03. The largest absolute Gasteiger partial charge is 0.497 e. The van der Waals surface area contributed by atoms with Crippen LogP contribution in [0.15, 0.2) is 66.9 Å². The van der Waals surface area contributed by atoms with E-state index in [4.69, 9.17) is 9.47 Å². The van der Waals surface area contributed by atoms with E-state index in [0.29, 0.717) is 11.4 Å². The van der Waals surface area contributed by atoms with Crippen molar-refractivity contribution >= 4 is 23.0 Å².